The molecule has 21 heavy (non-hydrogen) atoms. The number of benzene rings is 1. The molecule has 0 spiro atoms. The molecule has 2 aromatic rings. The average Bonchev–Trinajstić information content (AvgIpc) is 2.92. The normalized spacial score (nSPS) is 12.2. The van der Waals surface area contributed by atoms with Crippen molar-refractivity contribution in [3.05, 3.63) is 36.8 Å². The zero-order valence-electron chi connectivity index (χ0n) is 12.9. The van der Waals surface area contributed by atoms with Gasteiger partial charge in [0.15, 0.2) is 0 Å². The number of nitrogens with zero attached hydrogens (tertiary/aromatic N) is 1. The molecule has 0 radical (unpaired) electrons. The summed E-state index contributed by atoms with van der Waals surface area (Å²) in [7, 11) is 0. The second-order valence-electron chi connectivity index (χ2n) is 6.34. The third kappa shape index (κ3) is 3.13. The van der Waals surface area contributed by atoms with E-state index >= 15 is 0 Å². The summed E-state index contributed by atoms with van der Waals surface area (Å²) in [6, 6.07) is 7.61. The van der Waals surface area contributed by atoms with Crippen molar-refractivity contribution in [1.82, 2.24) is 9.97 Å². The molecule has 0 aliphatic rings. The van der Waals surface area contributed by atoms with Crippen LogP contribution in [0.1, 0.15) is 27.7 Å². The molecule has 5 nitrogen and oxygen atoms in total. The average molecular weight is 286 g/mol. The van der Waals surface area contributed by atoms with E-state index in [2.05, 4.69) is 15.3 Å². The molecule has 4 N–H and O–H groups in total. The monoisotopic (exact) mass is 286 g/mol. The molecule has 1 heterocycles. The van der Waals surface area contributed by atoms with E-state index in [1.54, 1.807) is 12.5 Å². The van der Waals surface area contributed by atoms with Gasteiger partial charge in [0.1, 0.15) is 0 Å². The molecule has 1 aromatic heterocycles. The molecular formula is C16H22N4O. The number of anilines is 1. The summed E-state index contributed by atoms with van der Waals surface area (Å²) < 4.78 is 0. The molecule has 0 saturated heterocycles. The van der Waals surface area contributed by atoms with Crippen molar-refractivity contribution < 1.29 is 4.79 Å². The largest absolute Gasteiger partial charge is 0.345 e. The second kappa shape index (κ2) is 5.33. The second-order valence-corrected chi connectivity index (χ2v) is 6.34. The fraction of sp³-hybridized carbons (Fsp3) is 0.375. The van der Waals surface area contributed by atoms with Crippen molar-refractivity contribution in [2.75, 3.05) is 5.32 Å². The number of H-pyrrole nitrogens is 1. The highest BCUT2D eigenvalue weighted by atomic mass is 16.2. The molecule has 0 saturated carbocycles. The highest BCUT2D eigenvalue weighted by molar-refractivity contribution is 5.95. The van der Waals surface area contributed by atoms with Gasteiger partial charge in [-0.1, -0.05) is 12.1 Å². The highest BCUT2D eigenvalue weighted by Gasteiger charge is 2.40. The standard InChI is InChI=1S/C16H22N4O/c1-15(2,16(3,4)17)14(21)20-12-7-5-11(6-8-12)13-9-18-10-19-13/h5-10H,17H2,1-4H3,(H,18,19)(H,20,21). The van der Waals surface area contributed by atoms with Crippen molar-refractivity contribution in [2.24, 2.45) is 11.1 Å². The maximum Gasteiger partial charge on any atom is 0.231 e. The zero-order chi connectivity index (χ0) is 15.7. The first kappa shape index (κ1) is 15.3. The van der Waals surface area contributed by atoms with Gasteiger partial charge >= 0.3 is 0 Å². The number of carbonyl (C=O) groups is 1. The SMILES string of the molecule is CC(C)(N)C(C)(C)C(=O)Nc1ccc(-c2cnc[nH]2)cc1. The first-order valence-corrected chi connectivity index (χ1v) is 6.91. The Morgan fingerprint density at radius 2 is 1.81 bits per heavy atom. The molecule has 1 amide bonds. The molecular weight excluding hydrogens is 264 g/mol. The molecule has 0 bridgehead atoms. The van der Waals surface area contributed by atoms with Crippen LogP contribution in [-0.2, 0) is 4.79 Å². The minimum Gasteiger partial charge on any atom is -0.345 e. The predicted molar refractivity (Wildman–Crippen MR) is 84.7 cm³/mol. The van der Waals surface area contributed by atoms with E-state index in [-0.39, 0.29) is 5.91 Å². The lowest BCUT2D eigenvalue weighted by Crippen LogP contribution is -2.53. The Morgan fingerprint density at radius 3 is 2.29 bits per heavy atom. The van der Waals surface area contributed by atoms with Gasteiger partial charge < -0.3 is 16.0 Å². The minimum atomic E-state index is -0.672. The fourth-order valence-corrected chi connectivity index (χ4v) is 1.73. The Hall–Kier alpha value is -2.14. The third-order valence-corrected chi connectivity index (χ3v) is 4.13. The van der Waals surface area contributed by atoms with E-state index in [0.29, 0.717) is 0 Å². The van der Waals surface area contributed by atoms with Crippen LogP contribution in [0.3, 0.4) is 0 Å². The zero-order valence-corrected chi connectivity index (χ0v) is 12.9. The van der Waals surface area contributed by atoms with Crippen molar-refractivity contribution in [1.29, 1.82) is 0 Å². The summed E-state index contributed by atoms with van der Waals surface area (Å²) in [5.41, 5.74) is 7.52. The number of nitrogens with two attached hydrogens (primary N) is 1. The molecule has 0 aliphatic heterocycles. The van der Waals surface area contributed by atoms with Gasteiger partial charge in [-0.25, -0.2) is 4.98 Å². The van der Waals surface area contributed by atoms with Gasteiger partial charge in [0.05, 0.1) is 23.6 Å². The summed E-state index contributed by atoms with van der Waals surface area (Å²) in [5.74, 6) is -0.0932. The van der Waals surface area contributed by atoms with Crippen LogP contribution in [-0.4, -0.2) is 21.4 Å². The Labute approximate surface area is 125 Å². The number of hydrogen-bond donors (Lipinski definition) is 3. The number of rotatable bonds is 4. The van der Waals surface area contributed by atoms with Crippen molar-refractivity contribution in [3.8, 4) is 11.3 Å². The number of hydrogen-bond acceptors (Lipinski definition) is 3. The van der Waals surface area contributed by atoms with E-state index in [4.69, 9.17) is 5.73 Å². The topological polar surface area (TPSA) is 83.8 Å². The van der Waals surface area contributed by atoms with Crippen LogP contribution >= 0.6 is 0 Å². The molecule has 1 aromatic carbocycles. The number of amides is 1. The molecule has 0 unspecified atom stereocenters. The van der Waals surface area contributed by atoms with E-state index in [1.807, 2.05) is 52.0 Å². The Morgan fingerprint density at radius 1 is 1.19 bits per heavy atom. The van der Waals surface area contributed by atoms with Gasteiger partial charge in [0.25, 0.3) is 0 Å². The van der Waals surface area contributed by atoms with Gasteiger partial charge in [-0.3, -0.25) is 4.79 Å². The summed E-state index contributed by atoms with van der Waals surface area (Å²) in [6.45, 7) is 7.41. The molecule has 112 valence electrons. The van der Waals surface area contributed by atoms with Gasteiger partial charge in [0, 0.05) is 11.2 Å². The van der Waals surface area contributed by atoms with Crippen molar-refractivity contribution in [2.45, 2.75) is 33.2 Å². The van der Waals surface area contributed by atoms with Gasteiger partial charge in [0.2, 0.25) is 5.91 Å². The lowest BCUT2D eigenvalue weighted by Gasteiger charge is -2.36. The van der Waals surface area contributed by atoms with Crippen LogP contribution in [0, 0.1) is 5.41 Å². The molecule has 0 aliphatic carbocycles. The summed E-state index contributed by atoms with van der Waals surface area (Å²) in [4.78, 5) is 19.4. The third-order valence-electron chi connectivity index (χ3n) is 4.13. The van der Waals surface area contributed by atoms with E-state index in [0.717, 1.165) is 16.9 Å². The summed E-state index contributed by atoms with van der Waals surface area (Å²) in [6.07, 6.45) is 3.39. The summed E-state index contributed by atoms with van der Waals surface area (Å²) in [5, 5.41) is 2.92. The van der Waals surface area contributed by atoms with Crippen LogP contribution in [0.25, 0.3) is 11.3 Å². The van der Waals surface area contributed by atoms with Crippen LogP contribution in [0.4, 0.5) is 5.69 Å². The fourth-order valence-electron chi connectivity index (χ4n) is 1.73. The Bertz CT molecular complexity index is 607. The molecule has 0 atom stereocenters. The lowest BCUT2D eigenvalue weighted by atomic mass is 9.74. The number of nitrogens with one attached hydrogen (secondary N) is 2. The van der Waals surface area contributed by atoms with Crippen LogP contribution in [0.15, 0.2) is 36.8 Å². The van der Waals surface area contributed by atoms with Crippen molar-refractivity contribution >= 4 is 11.6 Å². The number of carbonyl (C=O) groups excluding carboxylic acids is 1. The van der Waals surface area contributed by atoms with Crippen LogP contribution in [0.2, 0.25) is 0 Å². The van der Waals surface area contributed by atoms with E-state index in [9.17, 15) is 4.79 Å². The van der Waals surface area contributed by atoms with Gasteiger partial charge in [-0.15, -0.1) is 0 Å². The first-order chi connectivity index (χ1) is 9.72. The van der Waals surface area contributed by atoms with Crippen LogP contribution < -0.4 is 11.1 Å². The van der Waals surface area contributed by atoms with Crippen molar-refractivity contribution in [3.63, 3.8) is 0 Å². The minimum absolute atomic E-state index is 0.0932. The van der Waals surface area contributed by atoms with E-state index < -0.39 is 11.0 Å². The Kier molecular flexibility index (Phi) is 3.87. The van der Waals surface area contributed by atoms with Gasteiger partial charge in [-0.2, -0.15) is 0 Å². The number of aromatic nitrogens is 2. The smallest absolute Gasteiger partial charge is 0.231 e. The first-order valence-electron chi connectivity index (χ1n) is 6.91. The van der Waals surface area contributed by atoms with E-state index in [1.165, 1.54) is 0 Å². The predicted octanol–water partition coefficient (Wildman–Crippen LogP) is 2.78. The van der Waals surface area contributed by atoms with Crippen LogP contribution in [0.5, 0.6) is 0 Å². The Balaban J connectivity index is 2.12. The number of aromatic amines is 1. The lowest BCUT2D eigenvalue weighted by molar-refractivity contribution is -0.126. The maximum absolute atomic E-state index is 12.4. The summed E-state index contributed by atoms with van der Waals surface area (Å²) >= 11 is 0. The molecule has 0 fully saturated rings. The number of imidazole rings is 1. The highest BCUT2D eigenvalue weighted by Crippen LogP contribution is 2.30. The van der Waals surface area contributed by atoms with Gasteiger partial charge in [-0.05, 0) is 45.4 Å². The molecule has 5 heteroatoms. The molecule has 2 rings (SSSR count). The quantitative estimate of drug-likeness (QED) is 0.808. The maximum atomic E-state index is 12.4.